The summed E-state index contributed by atoms with van der Waals surface area (Å²) in [6, 6.07) is 10.6. The fraction of sp³-hybridized carbons (Fsp3) is 0.615. The topological polar surface area (TPSA) is 84.2 Å². The van der Waals surface area contributed by atoms with Gasteiger partial charge in [-0.05, 0) is 87.0 Å². The van der Waals surface area contributed by atoms with Crippen molar-refractivity contribution in [1.29, 1.82) is 0 Å². The molecule has 33 heavy (non-hydrogen) atoms. The highest BCUT2D eigenvalue weighted by Crippen LogP contribution is 2.57. The lowest BCUT2D eigenvalue weighted by Gasteiger charge is -2.57. The molecule has 0 amide bonds. The zero-order chi connectivity index (χ0) is 22.4. The summed E-state index contributed by atoms with van der Waals surface area (Å²) in [6.45, 7) is 1.60. The Morgan fingerprint density at radius 3 is 2.24 bits per heavy atom. The van der Waals surface area contributed by atoms with Crippen LogP contribution < -0.4 is 10.2 Å². The molecule has 0 spiro atoms. The van der Waals surface area contributed by atoms with Crippen LogP contribution in [0, 0.1) is 33.8 Å². The molecule has 1 aromatic heterocycles. The molecule has 4 bridgehead atoms. The molecule has 5 aliphatic rings. The van der Waals surface area contributed by atoms with E-state index in [1.165, 1.54) is 31.2 Å². The van der Waals surface area contributed by atoms with E-state index in [1.807, 2.05) is 0 Å². The Bertz CT molecular complexity index is 983. The van der Waals surface area contributed by atoms with Crippen molar-refractivity contribution < 1.29 is 4.92 Å². The molecule has 1 aromatic carbocycles. The summed E-state index contributed by atoms with van der Waals surface area (Å²) in [5.41, 5.74) is 1.41. The van der Waals surface area contributed by atoms with Gasteiger partial charge >= 0.3 is 5.69 Å². The van der Waals surface area contributed by atoms with E-state index in [2.05, 4.69) is 50.5 Å². The number of aromatic nitrogens is 2. The van der Waals surface area contributed by atoms with Gasteiger partial charge in [0, 0.05) is 18.6 Å². The largest absolute Gasteiger partial charge is 0.359 e. The van der Waals surface area contributed by atoms with Crippen molar-refractivity contribution in [2.75, 3.05) is 23.3 Å². The van der Waals surface area contributed by atoms with E-state index in [0.717, 1.165) is 69.4 Å². The van der Waals surface area contributed by atoms with Gasteiger partial charge in [-0.3, -0.25) is 10.1 Å². The second-order valence-electron chi connectivity index (χ2n) is 11.1. The van der Waals surface area contributed by atoms with Crippen LogP contribution in [0.5, 0.6) is 0 Å². The van der Waals surface area contributed by atoms with Gasteiger partial charge in [0.1, 0.15) is 6.33 Å². The lowest BCUT2D eigenvalue weighted by atomic mass is 9.53. The van der Waals surface area contributed by atoms with Gasteiger partial charge in [-0.15, -0.1) is 0 Å². The standard InChI is InChI=1S/C26H33N5O2/c32-31(33)23-24(29-26-14-20-11-21(15-26)13-22(12-20)16-26)27-17-28-25(23)30-8-6-19(7-9-30)10-18-4-2-1-3-5-18/h1-5,17,19-22H,6-16H2,(H,27,28,29). The van der Waals surface area contributed by atoms with E-state index in [0.29, 0.717) is 17.6 Å². The van der Waals surface area contributed by atoms with E-state index < -0.39 is 0 Å². The Morgan fingerprint density at radius 2 is 1.64 bits per heavy atom. The van der Waals surface area contributed by atoms with Gasteiger partial charge < -0.3 is 10.2 Å². The molecule has 0 unspecified atom stereocenters. The molecule has 1 N–H and O–H groups in total. The quantitative estimate of drug-likeness (QED) is 0.482. The summed E-state index contributed by atoms with van der Waals surface area (Å²) in [5, 5.41) is 15.9. The van der Waals surface area contributed by atoms with Crippen LogP contribution in [0.4, 0.5) is 17.3 Å². The second kappa shape index (κ2) is 8.26. The fourth-order valence-electron chi connectivity index (χ4n) is 7.67. The highest BCUT2D eigenvalue weighted by molar-refractivity contribution is 5.71. The summed E-state index contributed by atoms with van der Waals surface area (Å²) < 4.78 is 0. The van der Waals surface area contributed by atoms with Gasteiger partial charge in [0.25, 0.3) is 0 Å². The number of nitrogens with zero attached hydrogens (tertiary/aromatic N) is 4. The van der Waals surface area contributed by atoms with Gasteiger partial charge in [0.2, 0.25) is 11.6 Å². The summed E-state index contributed by atoms with van der Waals surface area (Å²) in [4.78, 5) is 22.9. The zero-order valence-corrected chi connectivity index (χ0v) is 19.2. The third kappa shape index (κ3) is 4.06. The summed E-state index contributed by atoms with van der Waals surface area (Å²) in [6.07, 6.45) is 12.0. The highest BCUT2D eigenvalue weighted by Gasteiger charge is 2.51. The predicted octanol–water partition coefficient (Wildman–Crippen LogP) is 5.22. The number of nitrogens with one attached hydrogen (secondary N) is 1. The van der Waals surface area contributed by atoms with E-state index in [-0.39, 0.29) is 16.1 Å². The molecule has 1 aliphatic heterocycles. The number of benzene rings is 1. The summed E-state index contributed by atoms with van der Waals surface area (Å²) in [7, 11) is 0. The summed E-state index contributed by atoms with van der Waals surface area (Å²) in [5.74, 6) is 3.83. The van der Waals surface area contributed by atoms with E-state index >= 15 is 0 Å². The Kier molecular flexibility index (Phi) is 5.23. The first-order valence-corrected chi connectivity index (χ1v) is 12.6. The van der Waals surface area contributed by atoms with Crippen LogP contribution in [-0.4, -0.2) is 33.5 Å². The second-order valence-corrected chi connectivity index (χ2v) is 11.1. The van der Waals surface area contributed by atoms with Gasteiger partial charge in [-0.1, -0.05) is 30.3 Å². The minimum absolute atomic E-state index is 0.0200. The zero-order valence-electron chi connectivity index (χ0n) is 19.2. The maximum absolute atomic E-state index is 12.2. The minimum atomic E-state index is -0.270. The molecule has 2 heterocycles. The average Bonchev–Trinajstić information content (AvgIpc) is 2.79. The highest BCUT2D eigenvalue weighted by atomic mass is 16.6. The number of hydrogen-bond donors (Lipinski definition) is 1. The van der Waals surface area contributed by atoms with Crippen LogP contribution >= 0.6 is 0 Å². The molecule has 7 nitrogen and oxygen atoms in total. The lowest BCUT2D eigenvalue weighted by molar-refractivity contribution is -0.383. The molecule has 1 saturated heterocycles. The Balaban J connectivity index is 1.20. The SMILES string of the molecule is O=[N+]([O-])c1c(NC23CC4CC(CC(C4)C2)C3)ncnc1N1CCC(Cc2ccccc2)CC1. The Morgan fingerprint density at radius 1 is 1.00 bits per heavy atom. The van der Waals surface area contributed by atoms with Crippen molar-refractivity contribution in [3.05, 3.63) is 52.3 Å². The molecule has 0 radical (unpaired) electrons. The smallest absolute Gasteiger partial charge is 0.353 e. The van der Waals surface area contributed by atoms with Crippen LogP contribution in [0.3, 0.4) is 0 Å². The van der Waals surface area contributed by atoms with Crippen LogP contribution in [-0.2, 0) is 6.42 Å². The number of hydrogen-bond acceptors (Lipinski definition) is 6. The lowest BCUT2D eigenvalue weighted by Crippen LogP contribution is -2.55. The van der Waals surface area contributed by atoms with E-state index in [4.69, 9.17) is 0 Å². The van der Waals surface area contributed by atoms with Gasteiger partial charge in [0.15, 0.2) is 0 Å². The van der Waals surface area contributed by atoms with Gasteiger partial charge in [-0.25, -0.2) is 9.97 Å². The average molecular weight is 448 g/mol. The summed E-state index contributed by atoms with van der Waals surface area (Å²) >= 11 is 0. The number of nitro groups is 1. The van der Waals surface area contributed by atoms with Crippen molar-refractivity contribution in [1.82, 2.24) is 9.97 Å². The number of anilines is 2. The third-order valence-electron chi connectivity index (χ3n) is 8.69. The minimum Gasteiger partial charge on any atom is -0.359 e. The monoisotopic (exact) mass is 447 g/mol. The molecular formula is C26H33N5O2. The van der Waals surface area contributed by atoms with Crippen LogP contribution in [0.2, 0.25) is 0 Å². The Labute approximate surface area is 195 Å². The maximum atomic E-state index is 12.2. The molecule has 174 valence electrons. The number of rotatable bonds is 6. The van der Waals surface area contributed by atoms with Gasteiger partial charge in [-0.2, -0.15) is 0 Å². The van der Waals surface area contributed by atoms with Gasteiger partial charge in [0.05, 0.1) is 4.92 Å². The normalized spacial score (nSPS) is 31.0. The van der Waals surface area contributed by atoms with Crippen LogP contribution in [0.1, 0.15) is 56.9 Å². The molecule has 5 fully saturated rings. The fourth-order valence-corrected chi connectivity index (χ4v) is 7.67. The van der Waals surface area contributed by atoms with E-state index in [1.54, 1.807) is 0 Å². The van der Waals surface area contributed by atoms with Crippen molar-refractivity contribution >= 4 is 17.3 Å². The van der Waals surface area contributed by atoms with Crippen LogP contribution in [0.25, 0.3) is 0 Å². The maximum Gasteiger partial charge on any atom is 0.353 e. The third-order valence-corrected chi connectivity index (χ3v) is 8.69. The molecule has 0 atom stereocenters. The van der Waals surface area contributed by atoms with Crippen molar-refractivity contribution in [3.8, 4) is 0 Å². The predicted molar refractivity (Wildman–Crippen MR) is 128 cm³/mol. The molecule has 4 aliphatic carbocycles. The van der Waals surface area contributed by atoms with Crippen molar-refractivity contribution in [3.63, 3.8) is 0 Å². The van der Waals surface area contributed by atoms with E-state index in [9.17, 15) is 10.1 Å². The first-order chi connectivity index (χ1) is 16.1. The van der Waals surface area contributed by atoms with Crippen molar-refractivity contribution in [2.45, 2.75) is 63.3 Å². The first-order valence-electron chi connectivity index (χ1n) is 12.6. The Hall–Kier alpha value is -2.70. The molecule has 4 saturated carbocycles. The van der Waals surface area contributed by atoms with Crippen molar-refractivity contribution in [2.24, 2.45) is 23.7 Å². The molecular weight excluding hydrogens is 414 g/mol. The molecule has 2 aromatic rings. The first kappa shape index (κ1) is 20.9. The number of piperidine rings is 1. The molecule has 7 rings (SSSR count). The molecule has 7 heteroatoms. The van der Waals surface area contributed by atoms with Crippen LogP contribution in [0.15, 0.2) is 36.7 Å².